The molecular weight excluding hydrogens is 314 g/mol. The van der Waals surface area contributed by atoms with Crippen molar-refractivity contribution in [1.82, 2.24) is 9.80 Å². The molecule has 2 heterocycles. The summed E-state index contributed by atoms with van der Waals surface area (Å²) in [6, 6.07) is 3.47. The van der Waals surface area contributed by atoms with E-state index in [1.54, 1.807) is 11.9 Å². The summed E-state index contributed by atoms with van der Waals surface area (Å²) in [4.78, 5) is 16.3. The van der Waals surface area contributed by atoms with Crippen molar-refractivity contribution in [2.45, 2.75) is 25.8 Å². The maximum absolute atomic E-state index is 13.4. The predicted molar refractivity (Wildman–Crippen MR) is 86.5 cm³/mol. The molecule has 132 valence electrons. The van der Waals surface area contributed by atoms with Crippen molar-refractivity contribution in [1.29, 1.82) is 0 Å². The summed E-state index contributed by atoms with van der Waals surface area (Å²) in [5, 5.41) is 0. The highest BCUT2D eigenvalue weighted by atomic mass is 19.2. The molecule has 0 saturated carbocycles. The highest BCUT2D eigenvalue weighted by molar-refractivity contribution is 5.78. The maximum atomic E-state index is 13.4. The standard InChI is InChI=1S/C18H24F2N2O2/c1-13(14-3-4-15(19)16(20)9-14)21(2)17(23)10-22-7-5-18(11-22)6-8-24-12-18/h3-4,9,13H,5-8,10-12H2,1-2H3/t13-,18+/m1/s1. The zero-order valence-electron chi connectivity index (χ0n) is 14.2. The molecule has 2 saturated heterocycles. The lowest BCUT2D eigenvalue weighted by Crippen LogP contribution is -2.39. The Balaban J connectivity index is 1.59. The second-order valence-electron chi connectivity index (χ2n) is 7.12. The highest BCUT2D eigenvalue weighted by Gasteiger charge is 2.41. The van der Waals surface area contributed by atoms with Gasteiger partial charge in [0.2, 0.25) is 5.91 Å². The number of benzene rings is 1. The Morgan fingerprint density at radius 3 is 2.83 bits per heavy atom. The van der Waals surface area contributed by atoms with Gasteiger partial charge in [-0.25, -0.2) is 8.78 Å². The number of amides is 1. The molecule has 1 amide bonds. The van der Waals surface area contributed by atoms with Crippen LogP contribution in [0.1, 0.15) is 31.4 Å². The van der Waals surface area contributed by atoms with Crippen LogP contribution in [0.15, 0.2) is 18.2 Å². The number of halogens is 2. The van der Waals surface area contributed by atoms with Crippen molar-refractivity contribution in [2.24, 2.45) is 5.41 Å². The van der Waals surface area contributed by atoms with Crippen LogP contribution in [-0.2, 0) is 9.53 Å². The molecular formula is C18H24F2N2O2. The molecule has 6 heteroatoms. The van der Waals surface area contributed by atoms with Gasteiger partial charge in [-0.3, -0.25) is 9.69 Å². The highest BCUT2D eigenvalue weighted by Crippen LogP contribution is 2.38. The number of ether oxygens (including phenoxy) is 1. The van der Waals surface area contributed by atoms with Gasteiger partial charge in [-0.05, 0) is 44.0 Å². The molecule has 0 aliphatic carbocycles. The third-order valence-corrected chi connectivity index (χ3v) is 5.46. The van der Waals surface area contributed by atoms with Gasteiger partial charge in [-0.15, -0.1) is 0 Å². The zero-order chi connectivity index (χ0) is 17.3. The summed E-state index contributed by atoms with van der Waals surface area (Å²) in [6.07, 6.45) is 2.14. The Labute approximate surface area is 141 Å². The van der Waals surface area contributed by atoms with E-state index in [4.69, 9.17) is 4.74 Å². The van der Waals surface area contributed by atoms with Crippen molar-refractivity contribution in [3.63, 3.8) is 0 Å². The molecule has 0 radical (unpaired) electrons. The third kappa shape index (κ3) is 3.44. The Bertz CT molecular complexity index is 617. The van der Waals surface area contributed by atoms with Gasteiger partial charge in [0.15, 0.2) is 11.6 Å². The molecule has 0 bridgehead atoms. The largest absolute Gasteiger partial charge is 0.381 e. The van der Waals surface area contributed by atoms with Gasteiger partial charge in [0.05, 0.1) is 19.2 Å². The van der Waals surface area contributed by atoms with Crippen molar-refractivity contribution in [3.05, 3.63) is 35.4 Å². The fraction of sp³-hybridized carbons (Fsp3) is 0.611. The lowest BCUT2D eigenvalue weighted by Gasteiger charge is -2.28. The van der Waals surface area contributed by atoms with E-state index >= 15 is 0 Å². The average molecular weight is 338 g/mol. The van der Waals surface area contributed by atoms with Gasteiger partial charge in [0.25, 0.3) is 0 Å². The fourth-order valence-electron chi connectivity index (χ4n) is 3.65. The van der Waals surface area contributed by atoms with Gasteiger partial charge in [-0.1, -0.05) is 6.07 Å². The van der Waals surface area contributed by atoms with E-state index in [0.717, 1.165) is 51.3 Å². The van der Waals surface area contributed by atoms with Crippen LogP contribution in [0.2, 0.25) is 0 Å². The molecule has 2 atom stereocenters. The normalized spacial score (nSPS) is 25.3. The van der Waals surface area contributed by atoms with Crippen LogP contribution in [0.25, 0.3) is 0 Å². The number of likely N-dealkylation sites (tertiary alicyclic amines) is 1. The minimum atomic E-state index is -0.886. The van der Waals surface area contributed by atoms with Crippen LogP contribution in [0, 0.1) is 17.0 Å². The number of carbonyl (C=O) groups is 1. The second-order valence-corrected chi connectivity index (χ2v) is 7.12. The molecule has 2 aliphatic heterocycles. The van der Waals surface area contributed by atoms with Crippen molar-refractivity contribution in [3.8, 4) is 0 Å². The number of carbonyl (C=O) groups excluding carboxylic acids is 1. The first-order valence-corrected chi connectivity index (χ1v) is 8.41. The molecule has 0 aromatic heterocycles. The number of nitrogens with zero attached hydrogens (tertiary/aromatic N) is 2. The lowest BCUT2D eigenvalue weighted by molar-refractivity contribution is -0.132. The summed E-state index contributed by atoms with van der Waals surface area (Å²) >= 11 is 0. The summed E-state index contributed by atoms with van der Waals surface area (Å²) < 4.78 is 32.0. The predicted octanol–water partition coefficient (Wildman–Crippen LogP) is 2.60. The minimum absolute atomic E-state index is 0.0109. The van der Waals surface area contributed by atoms with Gasteiger partial charge < -0.3 is 9.64 Å². The first kappa shape index (κ1) is 17.3. The average Bonchev–Trinajstić information content (AvgIpc) is 3.18. The number of likely N-dealkylation sites (N-methyl/N-ethyl adjacent to an activating group) is 1. The van der Waals surface area contributed by atoms with E-state index in [1.807, 2.05) is 6.92 Å². The van der Waals surface area contributed by atoms with Crippen LogP contribution in [0.5, 0.6) is 0 Å². The van der Waals surface area contributed by atoms with Gasteiger partial charge >= 0.3 is 0 Å². The van der Waals surface area contributed by atoms with Crippen LogP contribution in [-0.4, -0.2) is 55.6 Å². The quantitative estimate of drug-likeness (QED) is 0.846. The molecule has 0 unspecified atom stereocenters. The fourth-order valence-corrected chi connectivity index (χ4v) is 3.65. The summed E-state index contributed by atoms with van der Waals surface area (Å²) in [5.74, 6) is -1.77. The van der Waals surface area contributed by atoms with Gasteiger partial charge in [-0.2, -0.15) is 0 Å². The number of hydrogen-bond acceptors (Lipinski definition) is 3. The molecule has 0 N–H and O–H groups in total. The Morgan fingerprint density at radius 1 is 1.38 bits per heavy atom. The SMILES string of the molecule is C[C@H](c1ccc(F)c(F)c1)N(C)C(=O)CN1CC[C@]2(CCOC2)C1. The van der Waals surface area contributed by atoms with Crippen molar-refractivity contribution < 1.29 is 18.3 Å². The van der Waals surface area contributed by atoms with Gasteiger partial charge in [0.1, 0.15) is 0 Å². The molecule has 24 heavy (non-hydrogen) atoms. The van der Waals surface area contributed by atoms with E-state index in [2.05, 4.69) is 4.90 Å². The molecule has 3 rings (SSSR count). The van der Waals surface area contributed by atoms with Gasteiger partial charge in [0, 0.05) is 25.6 Å². The lowest BCUT2D eigenvalue weighted by atomic mass is 9.87. The monoisotopic (exact) mass is 338 g/mol. The van der Waals surface area contributed by atoms with E-state index < -0.39 is 11.6 Å². The van der Waals surface area contributed by atoms with Crippen molar-refractivity contribution in [2.75, 3.05) is 39.9 Å². The molecule has 1 spiro atoms. The van der Waals surface area contributed by atoms with Crippen LogP contribution in [0.3, 0.4) is 0 Å². The third-order valence-electron chi connectivity index (χ3n) is 5.46. The Hall–Kier alpha value is -1.53. The first-order valence-electron chi connectivity index (χ1n) is 8.41. The van der Waals surface area contributed by atoms with E-state index in [-0.39, 0.29) is 17.4 Å². The molecule has 4 nitrogen and oxygen atoms in total. The van der Waals surface area contributed by atoms with Crippen LogP contribution in [0.4, 0.5) is 8.78 Å². The summed E-state index contributed by atoms with van der Waals surface area (Å²) in [6.45, 7) is 5.58. The Kier molecular flexibility index (Phi) is 4.88. The Morgan fingerprint density at radius 2 is 2.17 bits per heavy atom. The van der Waals surface area contributed by atoms with Crippen LogP contribution >= 0.6 is 0 Å². The molecule has 2 fully saturated rings. The molecule has 1 aromatic rings. The summed E-state index contributed by atoms with van der Waals surface area (Å²) in [7, 11) is 1.71. The maximum Gasteiger partial charge on any atom is 0.236 e. The molecule has 2 aliphatic rings. The van der Waals surface area contributed by atoms with E-state index in [1.165, 1.54) is 6.07 Å². The van der Waals surface area contributed by atoms with E-state index in [9.17, 15) is 13.6 Å². The first-order chi connectivity index (χ1) is 11.4. The minimum Gasteiger partial charge on any atom is -0.381 e. The molecule has 1 aromatic carbocycles. The smallest absolute Gasteiger partial charge is 0.236 e. The summed E-state index contributed by atoms with van der Waals surface area (Å²) in [5.41, 5.74) is 0.816. The van der Waals surface area contributed by atoms with E-state index in [0.29, 0.717) is 12.1 Å². The topological polar surface area (TPSA) is 32.8 Å². The second kappa shape index (κ2) is 6.76. The van der Waals surface area contributed by atoms with Crippen LogP contribution < -0.4 is 0 Å². The number of rotatable bonds is 4. The number of hydrogen-bond donors (Lipinski definition) is 0. The zero-order valence-corrected chi connectivity index (χ0v) is 14.2. The van der Waals surface area contributed by atoms with Crippen molar-refractivity contribution >= 4 is 5.91 Å².